The Morgan fingerprint density at radius 3 is 2.36 bits per heavy atom. The summed E-state index contributed by atoms with van der Waals surface area (Å²) in [6.07, 6.45) is 7.98. The molecule has 0 atom stereocenters. The van der Waals surface area contributed by atoms with Crippen molar-refractivity contribution in [2.24, 2.45) is 5.92 Å². The maximum Gasteiger partial charge on any atom is 0.193 e. The van der Waals surface area contributed by atoms with Crippen molar-refractivity contribution in [2.45, 2.75) is 38.5 Å². The molecule has 2 aromatic carbocycles. The summed E-state index contributed by atoms with van der Waals surface area (Å²) >= 11 is 0. The van der Waals surface area contributed by atoms with Crippen molar-refractivity contribution < 1.29 is 4.79 Å². The summed E-state index contributed by atoms with van der Waals surface area (Å²) in [5.74, 6) is 0.862. The fourth-order valence-electron chi connectivity index (χ4n) is 3.36. The lowest BCUT2D eigenvalue weighted by molar-refractivity contribution is 0.103. The van der Waals surface area contributed by atoms with E-state index < -0.39 is 0 Å². The van der Waals surface area contributed by atoms with Crippen LogP contribution in [0.4, 0.5) is 5.69 Å². The van der Waals surface area contributed by atoms with Gasteiger partial charge in [-0.3, -0.25) is 4.79 Å². The minimum Gasteiger partial charge on any atom is -0.399 e. The minimum atomic E-state index is 0.0384. The number of rotatable bonds is 4. The van der Waals surface area contributed by atoms with Gasteiger partial charge in [0.2, 0.25) is 0 Å². The predicted octanol–water partition coefficient (Wildman–Crippen LogP) is 4.62. The third-order valence-corrected chi connectivity index (χ3v) is 4.61. The van der Waals surface area contributed by atoms with E-state index in [1.54, 1.807) is 12.1 Å². The van der Waals surface area contributed by atoms with Crippen molar-refractivity contribution in [1.29, 1.82) is 0 Å². The van der Waals surface area contributed by atoms with Crippen LogP contribution in [0.5, 0.6) is 0 Å². The van der Waals surface area contributed by atoms with Crippen LogP contribution in [0, 0.1) is 5.92 Å². The number of nitrogen functional groups attached to an aromatic ring is 1. The third kappa shape index (κ3) is 3.56. The van der Waals surface area contributed by atoms with E-state index in [2.05, 4.69) is 12.1 Å². The number of anilines is 1. The van der Waals surface area contributed by atoms with E-state index >= 15 is 0 Å². The Hall–Kier alpha value is -2.09. The van der Waals surface area contributed by atoms with E-state index in [1.165, 1.54) is 37.7 Å². The van der Waals surface area contributed by atoms with Crippen molar-refractivity contribution in [2.75, 3.05) is 5.73 Å². The van der Waals surface area contributed by atoms with Gasteiger partial charge in [0.05, 0.1) is 0 Å². The second kappa shape index (κ2) is 6.78. The molecular formula is C20H23NO. The lowest BCUT2D eigenvalue weighted by Gasteiger charge is -2.21. The fourth-order valence-corrected chi connectivity index (χ4v) is 3.36. The highest BCUT2D eigenvalue weighted by Crippen LogP contribution is 2.27. The zero-order chi connectivity index (χ0) is 15.4. The van der Waals surface area contributed by atoms with Gasteiger partial charge >= 0.3 is 0 Å². The first-order valence-electron chi connectivity index (χ1n) is 8.21. The van der Waals surface area contributed by atoms with Crippen LogP contribution in [-0.2, 0) is 6.42 Å². The molecule has 1 fully saturated rings. The normalized spacial score (nSPS) is 15.6. The van der Waals surface area contributed by atoms with Crippen LogP contribution in [0.2, 0.25) is 0 Å². The van der Waals surface area contributed by atoms with Gasteiger partial charge in [-0.2, -0.15) is 0 Å². The Morgan fingerprint density at radius 1 is 0.955 bits per heavy atom. The van der Waals surface area contributed by atoms with Gasteiger partial charge in [0.1, 0.15) is 0 Å². The summed E-state index contributed by atoms with van der Waals surface area (Å²) in [4.78, 5) is 12.4. The highest BCUT2D eigenvalue weighted by molar-refractivity contribution is 6.09. The van der Waals surface area contributed by atoms with E-state index in [0.717, 1.165) is 17.9 Å². The van der Waals surface area contributed by atoms with Crippen LogP contribution >= 0.6 is 0 Å². The lowest BCUT2D eigenvalue weighted by atomic mass is 9.84. The molecule has 2 heteroatoms. The fraction of sp³-hybridized carbons (Fsp3) is 0.350. The molecular weight excluding hydrogens is 270 g/mol. The Bertz CT molecular complexity index is 639. The van der Waals surface area contributed by atoms with Crippen LogP contribution in [0.15, 0.2) is 48.5 Å². The van der Waals surface area contributed by atoms with Gasteiger partial charge in [0.25, 0.3) is 0 Å². The van der Waals surface area contributed by atoms with Crippen LogP contribution in [0.3, 0.4) is 0 Å². The molecule has 3 rings (SSSR count). The Kier molecular flexibility index (Phi) is 4.57. The SMILES string of the molecule is Nc1cccc(C(=O)c2ccc(CC3CCCCC3)cc2)c1. The number of benzene rings is 2. The number of nitrogens with two attached hydrogens (primary N) is 1. The van der Waals surface area contributed by atoms with Crippen LogP contribution in [0.1, 0.15) is 53.6 Å². The standard InChI is InChI=1S/C20H23NO/c21-19-8-4-7-18(14-19)20(22)17-11-9-16(10-12-17)13-15-5-2-1-3-6-15/h4,7-12,14-15H,1-3,5-6,13,21H2. The highest BCUT2D eigenvalue weighted by atomic mass is 16.1. The Balaban J connectivity index is 1.69. The van der Waals surface area contributed by atoms with Gasteiger partial charge in [-0.05, 0) is 30.0 Å². The highest BCUT2D eigenvalue weighted by Gasteiger charge is 2.14. The molecule has 2 N–H and O–H groups in total. The Labute approximate surface area is 132 Å². The van der Waals surface area contributed by atoms with Crippen molar-refractivity contribution in [3.63, 3.8) is 0 Å². The third-order valence-electron chi connectivity index (χ3n) is 4.61. The van der Waals surface area contributed by atoms with Crippen LogP contribution < -0.4 is 5.73 Å². The van der Waals surface area contributed by atoms with Crippen LogP contribution in [0.25, 0.3) is 0 Å². The van der Waals surface area contributed by atoms with E-state index in [1.807, 2.05) is 24.3 Å². The van der Waals surface area contributed by atoms with Gasteiger partial charge in [-0.25, -0.2) is 0 Å². The average Bonchev–Trinajstić information content (AvgIpc) is 2.56. The zero-order valence-electron chi connectivity index (χ0n) is 12.9. The van der Waals surface area contributed by atoms with E-state index in [-0.39, 0.29) is 5.78 Å². The number of carbonyl (C=O) groups excluding carboxylic acids is 1. The number of hydrogen-bond acceptors (Lipinski definition) is 2. The van der Waals surface area contributed by atoms with Gasteiger partial charge in [-0.15, -0.1) is 0 Å². The van der Waals surface area contributed by atoms with Gasteiger partial charge in [-0.1, -0.05) is 68.5 Å². The monoisotopic (exact) mass is 293 g/mol. The summed E-state index contributed by atoms with van der Waals surface area (Å²) in [6.45, 7) is 0. The minimum absolute atomic E-state index is 0.0384. The molecule has 2 nitrogen and oxygen atoms in total. The summed E-state index contributed by atoms with van der Waals surface area (Å²) in [5, 5.41) is 0. The van der Waals surface area contributed by atoms with E-state index in [9.17, 15) is 4.79 Å². The summed E-state index contributed by atoms with van der Waals surface area (Å²) in [5.41, 5.74) is 9.11. The quantitative estimate of drug-likeness (QED) is 0.660. The molecule has 0 unspecified atom stereocenters. The smallest absolute Gasteiger partial charge is 0.193 e. The first-order valence-corrected chi connectivity index (χ1v) is 8.21. The molecule has 0 bridgehead atoms. The molecule has 1 aliphatic carbocycles. The molecule has 22 heavy (non-hydrogen) atoms. The van der Waals surface area contributed by atoms with Crippen molar-refractivity contribution in [1.82, 2.24) is 0 Å². The topological polar surface area (TPSA) is 43.1 Å². The van der Waals surface area contributed by atoms with Gasteiger partial charge in [0, 0.05) is 16.8 Å². The molecule has 2 aromatic rings. The largest absolute Gasteiger partial charge is 0.399 e. The summed E-state index contributed by atoms with van der Waals surface area (Å²) in [7, 11) is 0. The maximum atomic E-state index is 12.4. The summed E-state index contributed by atoms with van der Waals surface area (Å²) < 4.78 is 0. The second-order valence-corrected chi connectivity index (χ2v) is 6.36. The molecule has 1 saturated carbocycles. The molecule has 0 amide bonds. The molecule has 0 aliphatic heterocycles. The first kappa shape index (κ1) is 14.8. The predicted molar refractivity (Wildman–Crippen MR) is 91.0 cm³/mol. The number of carbonyl (C=O) groups is 1. The maximum absolute atomic E-state index is 12.4. The molecule has 1 aliphatic rings. The van der Waals surface area contributed by atoms with E-state index in [0.29, 0.717) is 11.3 Å². The lowest BCUT2D eigenvalue weighted by Crippen LogP contribution is -2.09. The first-order chi connectivity index (χ1) is 10.7. The van der Waals surface area contributed by atoms with Crippen LogP contribution in [-0.4, -0.2) is 5.78 Å². The molecule has 0 radical (unpaired) electrons. The average molecular weight is 293 g/mol. The van der Waals surface area contributed by atoms with E-state index in [4.69, 9.17) is 5.73 Å². The number of ketones is 1. The molecule has 114 valence electrons. The molecule has 0 aromatic heterocycles. The van der Waals surface area contributed by atoms with Gasteiger partial charge < -0.3 is 5.73 Å². The summed E-state index contributed by atoms with van der Waals surface area (Å²) in [6, 6.07) is 15.3. The Morgan fingerprint density at radius 2 is 1.68 bits per heavy atom. The van der Waals surface area contributed by atoms with Crippen molar-refractivity contribution in [3.8, 4) is 0 Å². The molecule has 0 spiro atoms. The molecule has 0 heterocycles. The second-order valence-electron chi connectivity index (χ2n) is 6.36. The number of hydrogen-bond donors (Lipinski definition) is 1. The van der Waals surface area contributed by atoms with Crippen molar-refractivity contribution >= 4 is 11.5 Å². The zero-order valence-corrected chi connectivity index (χ0v) is 12.9. The van der Waals surface area contributed by atoms with Crippen molar-refractivity contribution in [3.05, 3.63) is 65.2 Å². The van der Waals surface area contributed by atoms with Gasteiger partial charge in [0.15, 0.2) is 5.78 Å². The molecule has 0 saturated heterocycles.